The second-order valence-electron chi connectivity index (χ2n) is 4.49. The van der Waals surface area contributed by atoms with E-state index in [9.17, 15) is 5.11 Å². The maximum atomic E-state index is 9.80. The Balaban J connectivity index is 3.01. The van der Waals surface area contributed by atoms with Crippen molar-refractivity contribution in [1.29, 1.82) is 0 Å². The summed E-state index contributed by atoms with van der Waals surface area (Å²) in [6.07, 6.45) is 1.62. The molecule has 15 heavy (non-hydrogen) atoms. The van der Waals surface area contributed by atoms with Crippen LogP contribution in [-0.2, 0) is 12.8 Å². The molecule has 1 aromatic rings. The van der Waals surface area contributed by atoms with E-state index in [1.165, 1.54) is 5.56 Å². The highest BCUT2D eigenvalue weighted by Crippen LogP contribution is 2.24. The van der Waals surface area contributed by atoms with Crippen LogP contribution in [0.5, 0.6) is 5.75 Å². The monoisotopic (exact) mass is 208 g/mol. The molecule has 1 aromatic carbocycles. The van der Waals surface area contributed by atoms with Crippen molar-refractivity contribution < 1.29 is 9.84 Å². The average molecular weight is 208 g/mol. The molecule has 2 heteroatoms. The number of rotatable bonds is 4. The van der Waals surface area contributed by atoms with E-state index in [0.29, 0.717) is 6.42 Å². The van der Waals surface area contributed by atoms with Gasteiger partial charge in [0, 0.05) is 6.42 Å². The van der Waals surface area contributed by atoms with Gasteiger partial charge in [-0.2, -0.15) is 0 Å². The van der Waals surface area contributed by atoms with Crippen molar-refractivity contribution >= 4 is 0 Å². The first kappa shape index (κ1) is 12.1. The second-order valence-corrected chi connectivity index (χ2v) is 4.49. The van der Waals surface area contributed by atoms with Gasteiger partial charge in [-0.1, -0.05) is 19.1 Å². The Morgan fingerprint density at radius 3 is 2.47 bits per heavy atom. The second kappa shape index (κ2) is 4.67. The molecule has 0 spiro atoms. The Bertz CT molecular complexity index is 324. The van der Waals surface area contributed by atoms with Gasteiger partial charge in [-0.3, -0.25) is 0 Å². The molecule has 0 aromatic heterocycles. The summed E-state index contributed by atoms with van der Waals surface area (Å²) in [4.78, 5) is 0. The maximum absolute atomic E-state index is 9.80. The first-order valence-corrected chi connectivity index (χ1v) is 5.34. The van der Waals surface area contributed by atoms with Crippen LogP contribution in [0.3, 0.4) is 0 Å². The molecule has 0 radical (unpaired) electrons. The Morgan fingerprint density at radius 1 is 1.33 bits per heavy atom. The van der Waals surface area contributed by atoms with Gasteiger partial charge in [-0.15, -0.1) is 0 Å². The van der Waals surface area contributed by atoms with Gasteiger partial charge in [-0.05, 0) is 37.5 Å². The molecule has 0 aliphatic carbocycles. The lowest BCUT2D eigenvalue weighted by atomic mass is 9.96. The maximum Gasteiger partial charge on any atom is 0.122 e. The van der Waals surface area contributed by atoms with Crippen LogP contribution in [0.25, 0.3) is 0 Å². The van der Waals surface area contributed by atoms with Gasteiger partial charge in [0.25, 0.3) is 0 Å². The van der Waals surface area contributed by atoms with Crippen LogP contribution >= 0.6 is 0 Å². The minimum absolute atomic E-state index is 0.615. The van der Waals surface area contributed by atoms with E-state index in [1.807, 2.05) is 19.9 Å². The molecule has 0 heterocycles. The predicted octanol–water partition coefficient (Wildman–Crippen LogP) is 2.57. The zero-order valence-electron chi connectivity index (χ0n) is 10.0. The van der Waals surface area contributed by atoms with Crippen molar-refractivity contribution in [3.63, 3.8) is 0 Å². The molecule has 84 valence electrons. The lowest BCUT2D eigenvalue weighted by Crippen LogP contribution is -2.22. The predicted molar refractivity (Wildman–Crippen MR) is 62.4 cm³/mol. The van der Waals surface area contributed by atoms with Gasteiger partial charge in [0.2, 0.25) is 0 Å². The van der Waals surface area contributed by atoms with Crippen LogP contribution in [0.4, 0.5) is 0 Å². The van der Waals surface area contributed by atoms with Crippen molar-refractivity contribution in [2.24, 2.45) is 0 Å². The minimum Gasteiger partial charge on any atom is -0.496 e. The van der Waals surface area contributed by atoms with Crippen LogP contribution in [0.15, 0.2) is 18.2 Å². The van der Waals surface area contributed by atoms with Crippen LogP contribution in [-0.4, -0.2) is 17.8 Å². The Hall–Kier alpha value is -1.02. The molecule has 0 aliphatic heterocycles. The zero-order valence-corrected chi connectivity index (χ0v) is 10.0. The molecule has 0 saturated carbocycles. The minimum atomic E-state index is -0.695. The summed E-state index contributed by atoms with van der Waals surface area (Å²) in [6.45, 7) is 5.74. The van der Waals surface area contributed by atoms with E-state index in [0.717, 1.165) is 17.7 Å². The summed E-state index contributed by atoms with van der Waals surface area (Å²) in [5.41, 5.74) is 1.65. The molecule has 1 rings (SSSR count). The first-order chi connectivity index (χ1) is 6.96. The van der Waals surface area contributed by atoms with Gasteiger partial charge < -0.3 is 9.84 Å². The molecular weight excluding hydrogens is 188 g/mol. The number of methoxy groups -OCH3 is 1. The largest absolute Gasteiger partial charge is 0.496 e. The number of ether oxygens (including phenoxy) is 1. The smallest absolute Gasteiger partial charge is 0.122 e. The summed E-state index contributed by atoms with van der Waals surface area (Å²) >= 11 is 0. The first-order valence-electron chi connectivity index (χ1n) is 5.34. The van der Waals surface area contributed by atoms with Crippen molar-refractivity contribution in [3.05, 3.63) is 29.3 Å². The van der Waals surface area contributed by atoms with Gasteiger partial charge in [-0.25, -0.2) is 0 Å². The molecule has 2 nitrogen and oxygen atoms in total. The molecule has 0 fully saturated rings. The van der Waals surface area contributed by atoms with Crippen LogP contribution < -0.4 is 4.74 Å². The molecule has 0 bridgehead atoms. The van der Waals surface area contributed by atoms with Crippen molar-refractivity contribution in [2.75, 3.05) is 7.11 Å². The van der Waals surface area contributed by atoms with Crippen LogP contribution in [0.1, 0.15) is 31.9 Å². The number of hydrogen-bond donors (Lipinski definition) is 1. The fraction of sp³-hybridized carbons (Fsp3) is 0.538. The summed E-state index contributed by atoms with van der Waals surface area (Å²) in [7, 11) is 1.66. The summed E-state index contributed by atoms with van der Waals surface area (Å²) in [6, 6.07) is 6.14. The third-order valence-corrected chi connectivity index (χ3v) is 2.38. The third-order valence-electron chi connectivity index (χ3n) is 2.38. The number of aryl methyl sites for hydroxylation is 1. The molecule has 0 unspecified atom stereocenters. The van der Waals surface area contributed by atoms with E-state index in [4.69, 9.17) is 4.74 Å². The lowest BCUT2D eigenvalue weighted by molar-refractivity contribution is 0.0802. The quantitative estimate of drug-likeness (QED) is 0.824. The summed E-state index contributed by atoms with van der Waals surface area (Å²) in [5.74, 6) is 0.856. The normalized spacial score (nSPS) is 11.5. The highest BCUT2D eigenvalue weighted by atomic mass is 16.5. The van der Waals surface area contributed by atoms with E-state index in [1.54, 1.807) is 7.11 Å². The van der Waals surface area contributed by atoms with E-state index in [-0.39, 0.29) is 0 Å². The van der Waals surface area contributed by atoms with Crippen LogP contribution in [0.2, 0.25) is 0 Å². The van der Waals surface area contributed by atoms with Gasteiger partial charge >= 0.3 is 0 Å². The Labute approximate surface area is 91.9 Å². The topological polar surface area (TPSA) is 29.5 Å². The van der Waals surface area contributed by atoms with E-state index in [2.05, 4.69) is 19.1 Å². The summed E-state index contributed by atoms with van der Waals surface area (Å²) in [5, 5.41) is 9.80. The third kappa shape index (κ3) is 3.56. The molecule has 1 N–H and O–H groups in total. The van der Waals surface area contributed by atoms with Crippen LogP contribution in [0, 0.1) is 0 Å². The fourth-order valence-corrected chi connectivity index (χ4v) is 1.66. The molecule has 0 saturated heterocycles. The average Bonchev–Trinajstić information content (AvgIpc) is 2.15. The molecule has 0 atom stereocenters. The SMILES string of the molecule is CCc1ccc(OC)c(CC(C)(C)O)c1. The van der Waals surface area contributed by atoms with Gasteiger partial charge in [0.15, 0.2) is 0 Å². The molecule has 0 aliphatic rings. The van der Waals surface area contributed by atoms with Gasteiger partial charge in [0.05, 0.1) is 12.7 Å². The van der Waals surface area contributed by atoms with E-state index >= 15 is 0 Å². The zero-order chi connectivity index (χ0) is 11.5. The Morgan fingerprint density at radius 2 is 2.00 bits per heavy atom. The number of aliphatic hydroxyl groups is 1. The van der Waals surface area contributed by atoms with Crippen molar-refractivity contribution in [3.8, 4) is 5.75 Å². The fourth-order valence-electron chi connectivity index (χ4n) is 1.66. The lowest BCUT2D eigenvalue weighted by Gasteiger charge is -2.19. The highest BCUT2D eigenvalue weighted by molar-refractivity contribution is 5.38. The van der Waals surface area contributed by atoms with Crippen molar-refractivity contribution in [1.82, 2.24) is 0 Å². The summed E-state index contributed by atoms with van der Waals surface area (Å²) < 4.78 is 5.28. The van der Waals surface area contributed by atoms with Gasteiger partial charge in [0.1, 0.15) is 5.75 Å². The number of hydrogen-bond acceptors (Lipinski definition) is 2. The van der Waals surface area contributed by atoms with Crippen molar-refractivity contribution in [2.45, 2.75) is 39.2 Å². The van der Waals surface area contributed by atoms with E-state index < -0.39 is 5.60 Å². The Kier molecular flexibility index (Phi) is 3.75. The highest BCUT2D eigenvalue weighted by Gasteiger charge is 2.16. The molecule has 0 amide bonds. The molecular formula is C13H20O2. The standard InChI is InChI=1S/C13H20O2/c1-5-10-6-7-12(15-4)11(8-10)9-13(2,3)14/h6-8,14H,5,9H2,1-4H3. The number of benzene rings is 1.